The number of nitrogens with zero attached hydrogens (tertiary/aromatic N) is 3. The lowest BCUT2D eigenvalue weighted by molar-refractivity contribution is 0.0511. The van der Waals surface area contributed by atoms with Gasteiger partial charge in [0.1, 0.15) is 11.4 Å². The fourth-order valence-electron chi connectivity index (χ4n) is 2.44. The zero-order valence-corrected chi connectivity index (χ0v) is 14.4. The summed E-state index contributed by atoms with van der Waals surface area (Å²) in [6.07, 6.45) is 0. The Morgan fingerprint density at radius 2 is 1.72 bits per heavy atom. The Hall–Kier alpha value is -2.70. The highest BCUT2D eigenvalue weighted by Gasteiger charge is 2.13. The third-order valence-corrected chi connectivity index (χ3v) is 3.76. The van der Waals surface area contributed by atoms with Crippen molar-refractivity contribution in [2.24, 2.45) is 7.05 Å². The molecule has 0 fully saturated rings. The molecule has 0 unspecified atom stereocenters. The second-order valence-corrected chi connectivity index (χ2v) is 5.56. The number of benzene rings is 2. The van der Waals surface area contributed by atoms with Gasteiger partial charge in [0.15, 0.2) is 6.79 Å². The van der Waals surface area contributed by atoms with Crippen LogP contribution in [0.1, 0.15) is 11.3 Å². The number of aromatic nitrogens is 3. The molecule has 2 aromatic carbocycles. The number of rotatable bonds is 8. The van der Waals surface area contributed by atoms with Gasteiger partial charge in [-0.3, -0.25) is 0 Å². The number of ether oxygens (including phenoxy) is 3. The number of aryl methyl sites for hydroxylation is 1. The summed E-state index contributed by atoms with van der Waals surface area (Å²) < 4.78 is 17.9. The summed E-state index contributed by atoms with van der Waals surface area (Å²) in [6, 6.07) is 17.8. The van der Waals surface area contributed by atoms with E-state index in [2.05, 4.69) is 10.3 Å². The highest BCUT2D eigenvalue weighted by atomic mass is 16.7. The molecule has 130 valence electrons. The average molecular weight is 339 g/mol. The minimum absolute atomic E-state index is 0.225. The molecule has 0 saturated heterocycles. The minimum atomic E-state index is 0.225. The van der Waals surface area contributed by atoms with Crippen LogP contribution in [0.5, 0.6) is 5.75 Å². The first-order valence-corrected chi connectivity index (χ1v) is 8.00. The van der Waals surface area contributed by atoms with E-state index in [-0.39, 0.29) is 6.79 Å². The van der Waals surface area contributed by atoms with Crippen molar-refractivity contribution in [3.63, 3.8) is 0 Å². The normalized spacial score (nSPS) is 10.8. The van der Waals surface area contributed by atoms with E-state index in [0.29, 0.717) is 13.2 Å². The topological polar surface area (TPSA) is 58.4 Å². The molecule has 3 rings (SSSR count). The van der Waals surface area contributed by atoms with Crippen molar-refractivity contribution in [1.29, 1.82) is 0 Å². The van der Waals surface area contributed by atoms with Crippen molar-refractivity contribution in [2.45, 2.75) is 13.2 Å². The molecule has 0 atom stereocenters. The van der Waals surface area contributed by atoms with Crippen molar-refractivity contribution in [3.05, 3.63) is 65.9 Å². The quantitative estimate of drug-likeness (QED) is 0.590. The molecule has 1 aromatic heterocycles. The van der Waals surface area contributed by atoms with Crippen LogP contribution in [0.25, 0.3) is 11.3 Å². The molecule has 3 aromatic rings. The SMILES string of the molecule is COCOc1ccc(-c2nnn(C)c2COCc2ccccc2)cc1. The highest BCUT2D eigenvalue weighted by Crippen LogP contribution is 2.24. The summed E-state index contributed by atoms with van der Waals surface area (Å²) in [5.41, 5.74) is 3.85. The number of methoxy groups -OCH3 is 1. The molecule has 0 aliphatic rings. The van der Waals surface area contributed by atoms with Gasteiger partial charge in [-0.2, -0.15) is 0 Å². The monoisotopic (exact) mass is 339 g/mol. The summed E-state index contributed by atoms with van der Waals surface area (Å²) in [4.78, 5) is 0. The molecule has 0 radical (unpaired) electrons. The van der Waals surface area contributed by atoms with Crippen LogP contribution in [0.4, 0.5) is 0 Å². The van der Waals surface area contributed by atoms with Gasteiger partial charge in [0, 0.05) is 19.7 Å². The Kier molecular flexibility index (Phi) is 5.77. The van der Waals surface area contributed by atoms with Gasteiger partial charge in [-0.25, -0.2) is 4.68 Å². The van der Waals surface area contributed by atoms with Crippen molar-refractivity contribution in [3.8, 4) is 17.0 Å². The van der Waals surface area contributed by atoms with Crippen LogP contribution in [-0.2, 0) is 29.7 Å². The molecule has 0 spiro atoms. The molecule has 1 heterocycles. The Labute approximate surface area is 147 Å². The number of hydrogen-bond donors (Lipinski definition) is 0. The van der Waals surface area contributed by atoms with E-state index in [0.717, 1.165) is 28.3 Å². The summed E-state index contributed by atoms with van der Waals surface area (Å²) in [5.74, 6) is 0.747. The van der Waals surface area contributed by atoms with Gasteiger partial charge in [0.05, 0.1) is 18.9 Å². The average Bonchev–Trinajstić information content (AvgIpc) is 3.02. The van der Waals surface area contributed by atoms with E-state index < -0.39 is 0 Å². The highest BCUT2D eigenvalue weighted by molar-refractivity contribution is 5.62. The molecule has 0 aliphatic carbocycles. The maximum absolute atomic E-state index is 5.84. The van der Waals surface area contributed by atoms with Gasteiger partial charge in [0.25, 0.3) is 0 Å². The molecule has 25 heavy (non-hydrogen) atoms. The van der Waals surface area contributed by atoms with Crippen LogP contribution in [0.2, 0.25) is 0 Å². The van der Waals surface area contributed by atoms with Gasteiger partial charge >= 0.3 is 0 Å². The van der Waals surface area contributed by atoms with Gasteiger partial charge in [-0.1, -0.05) is 35.5 Å². The van der Waals surface area contributed by atoms with Crippen LogP contribution >= 0.6 is 0 Å². The first-order chi connectivity index (χ1) is 12.3. The van der Waals surface area contributed by atoms with Crippen LogP contribution in [0.3, 0.4) is 0 Å². The maximum Gasteiger partial charge on any atom is 0.188 e. The zero-order chi connectivity index (χ0) is 17.5. The second kappa shape index (κ2) is 8.41. The van der Waals surface area contributed by atoms with Crippen LogP contribution in [0, 0.1) is 0 Å². The van der Waals surface area contributed by atoms with E-state index in [9.17, 15) is 0 Å². The lowest BCUT2D eigenvalue weighted by Gasteiger charge is -2.08. The third-order valence-electron chi connectivity index (χ3n) is 3.76. The Morgan fingerprint density at radius 1 is 0.960 bits per heavy atom. The van der Waals surface area contributed by atoms with Gasteiger partial charge < -0.3 is 14.2 Å². The summed E-state index contributed by atoms with van der Waals surface area (Å²) >= 11 is 0. The van der Waals surface area contributed by atoms with Crippen LogP contribution in [0.15, 0.2) is 54.6 Å². The molecule has 0 bridgehead atoms. The summed E-state index contributed by atoms with van der Waals surface area (Å²) in [5, 5.41) is 8.40. The minimum Gasteiger partial charge on any atom is -0.468 e. The third kappa shape index (κ3) is 4.43. The smallest absolute Gasteiger partial charge is 0.188 e. The summed E-state index contributed by atoms with van der Waals surface area (Å²) in [7, 11) is 3.46. The van der Waals surface area contributed by atoms with Crippen LogP contribution < -0.4 is 4.74 Å². The zero-order valence-electron chi connectivity index (χ0n) is 14.4. The maximum atomic E-state index is 5.84. The van der Waals surface area contributed by atoms with E-state index in [1.165, 1.54) is 0 Å². The molecule has 0 N–H and O–H groups in total. The van der Waals surface area contributed by atoms with E-state index >= 15 is 0 Å². The first kappa shape index (κ1) is 17.1. The second-order valence-electron chi connectivity index (χ2n) is 5.56. The lowest BCUT2D eigenvalue weighted by Crippen LogP contribution is -2.03. The van der Waals surface area contributed by atoms with Gasteiger partial charge in [-0.15, -0.1) is 5.10 Å². The van der Waals surface area contributed by atoms with Crippen LogP contribution in [-0.4, -0.2) is 28.9 Å². The fraction of sp³-hybridized carbons (Fsp3) is 0.263. The Balaban J connectivity index is 1.68. The largest absolute Gasteiger partial charge is 0.468 e. The molecule has 0 amide bonds. The molecular formula is C19H21N3O3. The van der Waals surface area contributed by atoms with Crippen molar-refractivity contribution >= 4 is 0 Å². The molecule has 6 heteroatoms. The predicted molar refractivity (Wildman–Crippen MR) is 93.9 cm³/mol. The molecular weight excluding hydrogens is 318 g/mol. The first-order valence-electron chi connectivity index (χ1n) is 8.00. The van der Waals surface area contributed by atoms with E-state index in [4.69, 9.17) is 14.2 Å². The molecule has 0 saturated carbocycles. The molecule has 6 nitrogen and oxygen atoms in total. The number of hydrogen-bond acceptors (Lipinski definition) is 5. The van der Waals surface area contributed by atoms with Gasteiger partial charge in [0.2, 0.25) is 0 Å². The Morgan fingerprint density at radius 3 is 2.44 bits per heavy atom. The molecule has 0 aliphatic heterocycles. The summed E-state index contributed by atoms with van der Waals surface area (Å²) in [6.45, 7) is 1.22. The predicted octanol–water partition coefficient (Wildman–Crippen LogP) is 3.18. The Bertz CT molecular complexity index is 785. The van der Waals surface area contributed by atoms with Crippen molar-refractivity contribution in [1.82, 2.24) is 15.0 Å². The fourth-order valence-corrected chi connectivity index (χ4v) is 2.44. The van der Waals surface area contributed by atoms with E-state index in [1.54, 1.807) is 11.8 Å². The van der Waals surface area contributed by atoms with Crippen molar-refractivity contribution in [2.75, 3.05) is 13.9 Å². The van der Waals surface area contributed by atoms with Crippen molar-refractivity contribution < 1.29 is 14.2 Å². The van der Waals surface area contributed by atoms with Gasteiger partial charge in [-0.05, 0) is 29.8 Å². The van der Waals surface area contributed by atoms with E-state index in [1.807, 2.05) is 61.6 Å². The standard InChI is InChI=1S/C19H21N3O3/c1-22-18(13-24-12-15-6-4-3-5-7-15)19(20-21-22)16-8-10-17(11-9-16)25-14-23-2/h3-11H,12-14H2,1-2H3. The lowest BCUT2D eigenvalue weighted by atomic mass is 10.1.